The highest BCUT2D eigenvalue weighted by molar-refractivity contribution is 5.32. The lowest BCUT2D eigenvalue weighted by atomic mass is 9.99. The van der Waals surface area contributed by atoms with Crippen LogP contribution in [0.15, 0.2) is 11.6 Å². The van der Waals surface area contributed by atoms with Gasteiger partial charge in [0.15, 0.2) is 0 Å². The van der Waals surface area contributed by atoms with Crippen LogP contribution >= 0.6 is 0 Å². The van der Waals surface area contributed by atoms with E-state index in [1.54, 1.807) is 13.8 Å². The second-order valence-corrected chi connectivity index (χ2v) is 4.18. The standard InChI is InChI=1S/C12H18O3/c1-12(2,15-11(13)14)9-8-10-6-4-3-5-7-10/h6,11,13-14H,3-5,7H2,1-2H3. The zero-order valence-corrected chi connectivity index (χ0v) is 9.29. The highest BCUT2D eigenvalue weighted by Crippen LogP contribution is 2.17. The summed E-state index contributed by atoms with van der Waals surface area (Å²) in [5.74, 6) is 5.93. The Bertz CT molecular complexity index is 292. The molecule has 0 unspecified atom stereocenters. The van der Waals surface area contributed by atoms with Crippen molar-refractivity contribution in [2.75, 3.05) is 0 Å². The molecule has 3 nitrogen and oxygen atoms in total. The van der Waals surface area contributed by atoms with Crippen LogP contribution in [0.25, 0.3) is 0 Å². The van der Waals surface area contributed by atoms with Gasteiger partial charge in [0.2, 0.25) is 0 Å². The van der Waals surface area contributed by atoms with Gasteiger partial charge in [0.25, 0.3) is 6.48 Å². The molecule has 0 saturated heterocycles. The summed E-state index contributed by atoms with van der Waals surface area (Å²) >= 11 is 0. The van der Waals surface area contributed by atoms with Crippen LogP contribution in [-0.2, 0) is 4.74 Å². The molecule has 0 heterocycles. The monoisotopic (exact) mass is 210 g/mol. The molecule has 1 aliphatic rings. The molecule has 0 fully saturated rings. The molecule has 84 valence electrons. The van der Waals surface area contributed by atoms with Crippen molar-refractivity contribution in [3.05, 3.63) is 11.6 Å². The maximum Gasteiger partial charge on any atom is 0.267 e. The topological polar surface area (TPSA) is 49.7 Å². The first-order chi connectivity index (χ1) is 6.99. The zero-order valence-electron chi connectivity index (χ0n) is 9.29. The molecule has 0 saturated carbocycles. The molecular formula is C12H18O3. The van der Waals surface area contributed by atoms with Crippen molar-refractivity contribution in [2.24, 2.45) is 0 Å². The number of aliphatic hydroxyl groups is 2. The van der Waals surface area contributed by atoms with E-state index in [4.69, 9.17) is 14.9 Å². The summed E-state index contributed by atoms with van der Waals surface area (Å²) in [5.41, 5.74) is 0.303. The summed E-state index contributed by atoms with van der Waals surface area (Å²) in [7, 11) is 0. The van der Waals surface area contributed by atoms with Crippen LogP contribution < -0.4 is 0 Å². The molecule has 2 N–H and O–H groups in total. The molecule has 0 radical (unpaired) electrons. The summed E-state index contributed by atoms with van der Waals surface area (Å²) in [4.78, 5) is 0. The first-order valence-corrected chi connectivity index (χ1v) is 5.26. The van der Waals surface area contributed by atoms with Gasteiger partial charge >= 0.3 is 0 Å². The predicted molar refractivity (Wildman–Crippen MR) is 57.7 cm³/mol. The fraction of sp³-hybridized carbons (Fsp3) is 0.667. The Balaban J connectivity index is 2.58. The zero-order chi connectivity index (χ0) is 11.3. The van der Waals surface area contributed by atoms with Crippen LogP contribution in [0.4, 0.5) is 0 Å². The molecule has 0 bridgehead atoms. The van der Waals surface area contributed by atoms with Gasteiger partial charge in [-0.3, -0.25) is 0 Å². The third kappa shape index (κ3) is 4.98. The second kappa shape index (κ2) is 5.32. The van der Waals surface area contributed by atoms with Crippen LogP contribution in [0.2, 0.25) is 0 Å². The smallest absolute Gasteiger partial charge is 0.267 e. The number of hydrogen-bond acceptors (Lipinski definition) is 3. The lowest BCUT2D eigenvalue weighted by Gasteiger charge is -2.19. The first kappa shape index (κ1) is 12.3. The summed E-state index contributed by atoms with van der Waals surface area (Å²) < 4.78 is 4.84. The molecule has 0 spiro atoms. The predicted octanol–water partition coefficient (Wildman–Crippen LogP) is 1.55. The average molecular weight is 210 g/mol. The highest BCUT2D eigenvalue weighted by atomic mass is 16.7. The van der Waals surface area contributed by atoms with E-state index in [0.29, 0.717) is 0 Å². The Morgan fingerprint density at radius 1 is 1.40 bits per heavy atom. The van der Waals surface area contributed by atoms with Crippen LogP contribution in [0.1, 0.15) is 39.5 Å². The SMILES string of the molecule is CC(C)(C#CC1=CCCCC1)OC(O)O. The van der Waals surface area contributed by atoms with E-state index >= 15 is 0 Å². The van der Waals surface area contributed by atoms with E-state index in [1.165, 1.54) is 12.8 Å². The normalized spacial score (nSPS) is 17.0. The van der Waals surface area contributed by atoms with Crippen LogP contribution in [0, 0.1) is 11.8 Å². The average Bonchev–Trinajstić information content (AvgIpc) is 2.15. The minimum Gasteiger partial charge on any atom is -0.346 e. The summed E-state index contributed by atoms with van der Waals surface area (Å²) in [6.07, 6.45) is 6.67. The summed E-state index contributed by atoms with van der Waals surface area (Å²) in [5, 5.41) is 17.4. The molecule has 0 aliphatic heterocycles. The van der Waals surface area contributed by atoms with Crippen molar-refractivity contribution in [1.29, 1.82) is 0 Å². The number of allylic oxidation sites excluding steroid dienone is 2. The molecule has 0 amide bonds. The Morgan fingerprint density at radius 3 is 2.67 bits per heavy atom. The third-order valence-electron chi connectivity index (χ3n) is 2.22. The number of ether oxygens (including phenoxy) is 1. The molecule has 0 atom stereocenters. The van der Waals surface area contributed by atoms with Crippen molar-refractivity contribution in [3.63, 3.8) is 0 Å². The van der Waals surface area contributed by atoms with E-state index in [0.717, 1.165) is 18.4 Å². The number of hydrogen-bond donors (Lipinski definition) is 2. The van der Waals surface area contributed by atoms with E-state index in [1.807, 2.05) is 0 Å². The van der Waals surface area contributed by atoms with Gasteiger partial charge in [-0.15, -0.1) is 0 Å². The van der Waals surface area contributed by atoms with Crippen molar-refractivity contribution in [2.45, 2.75) is 51.6 Å². The molecule has 0 aromatic heterocycles. The molecule has 1 rings (SSSR count). The first-order valence-electron chi connectivity index (χ1n) is 5.26. The molecule has 0 aromatic carbocycles. The van der Waals surface area contributed by atoms with Gasteiger partial charge in [0, 0.05) is 0 Å². The van der Waals surface area contributed by atoms with Gasteiger partial charge in [0.05, 0.1) is 0 Å². The Morgan fingerprint density at radius 2 is 2.13 bits per heavy atom. The third-order valence-corrected chi connectivity index (χ3v) is 2.22. The van der Waals surface area contributed by atoms with Gasteiger partial charge in [-0.05, 0) is 45.1 Å². The largest absolute Gasteiger partial charge is 0.346 e. The second-order valence-electron chi connectivity index (χ2n) is 4.18. The molecule has 3 heteroatoms. The van der Waals surface area contributed by atoms with Crippen molar-refractivity contribution in [1.82, 2.24) is 0 Å². The Kier molecular flexibility index (Phi) is 4.34. The highest BCUT2D eigenvalue weighted by Gasteiger charge is 2.18. The van der Waals surface area contributed by atoms with Crippen LogP contribution in [0.5, 0.6) is 0 Å². The lowest BCUT2D eigenvalue weighted by Crippen LogP contribution is -2.28. The van der Waals surface area contributed by atoms with Gasteiger partial charge in [-0.1, -0.05) is 17.9 Å². The Labute approximate surface area is 90.8 Å². The number of aliphatic hydroxyl groups excluding tert-OH is 1. The number of rotatable bonds is 2. The van der Waals surface area contributed by atoms with E-state index in [2.05, 4.69) is 17.9 Å². The van der Waals surface area contributed by atoms with E-state index in [9.17, 15) is 0 Å². The lowest BCUT2D eigenvalue weighted by molar-refractivity contribution is -0.265. The maximum absolute atomic E-state index is 8.68. The molecular weight excluding hydrogens is 192 g/mol. The molecule has 0 aromatic rings. The quantitative estimate of drug-likeness (QED) is 0.537. The fourth-order valence-corrected chi connectivity index (χ4v) is 1.48. The van der Waals surface area contributed by atoms with Crippen molar-refractivity contribution >= 4 is 0 Å². The fourth-order valence-electron chi connectivity index (χ4n) is 1.48. The maximum atomic E-state index is 8.68. The minimum atomic E-state index is -1.77. The van der Waals surface area contributed by atoms with Crippen LogP contribution in [0.3, 0.4) is 0 Å². The van der Waals surface area contributed by atoms with Crippen molar-refractivity contribution < 1.29 is 14.9 Å². The molecule has 1 aliphatic carbocycles. The molecule has 15 heavy (non-hydrogen) atoms. The van der Waals surface area contributed by atoms with Gasteiger partial charge < -0.3 is 14.9 Å². The van der Waals surface area contributed by atoms with E-state index < -0.39 is 12.1 Å². The van der Waals surface area contributed by atoms with Crippen molar-refractivity contribution in [3.8, 4) is 11.8 Å². The minimum absolute atomic E-state index is 0.827. The Hall–Kier alpha value is -0.820. The van der Waals surface area contributed by atoms with Crippen LogP contribution in [-0.4, -0.2) is 22.3 Å². The van der Waals surface area contributed by atoms with Gasteiger partial charge in [0.1, 0.15) is 5.60 Å². The summed E-state index contributed by atoms with van der Waals surface area (Å²) in [6, 6.07) is 0. The summed E-state index contributed by atoms with van der Waals surface area (Å²) in [6.45, 7) is 1.65. The van der Waals surface area contributed by atoms with E-state index in [-0.39, 0.29) is 0 Å². The van der Waals surface area contributed by atoms with Gasteiger partial charge in [-0.25, -0.2) is 0 Å². The van der Waals surface area contributed by atoms with Gasteiger partial charge in [-0.2, -0.15) is 0 Å².